The van der Waals surface area contributed by atoms with Crippen LogP contribution in [0.25, 0.3) is 0 Å². The Labute approximate surface area is 83.6 Å². The van der Waals surface area contributed by atoms with E-state index >= 15 is 0 Å². The Bertz CT molecular complexity index is 194. The first kappa shape index (κ1) is 12.6. The smallest absolute Gasteiger partial charge is 0.171 e. The average molecular weight is 234 g/mol. The molecule has 0 bridgehead atoms. The number of alkyl halides is 6. The highest BCUT2D eigenvalue weighted by Crippen LogP contribution is 2.49. The van der Waals surface area contributed by atoms with Crippen LogP contribution in [0, 0.1) is 17.8 Å². The molecule has 0 amide bonds. The first-order valence-corrected chi connectivity index (χ1v) is 4.77. The van der Waals surface area contributed by atoms with Crippen LogP contribution in [0.4, 0.5) is 26.3 Å². The quantitative estimate of drug-likeness (QED) is 0.552. The third-order valence-corrected chi connectivity index (χ3v) is 3.14. The minimum atomic E-state index is -4.51. The van der Waals surface area contributed by atoms with Crippen molar-refractivity contribution in [3.63, 3.8) is 0 Å². The third kappa shape index (κ3) is 2.78. The lowest BCUT2D eigenvalue weighted by atomic mass is 9.72. The molecule has 0 spiro atoms. The van der Waals surface area contributed by atoms with Crippen LogP contribution in [0.3, 0.4) is 0 Å². The van der Waals surface area contributed by atoms with Crippen molar-refractivity contribution >= 4 is 0 Å². The summed E-state index contributed by atoms with van der Waals surface area (Å²) >= 11 is 0. The Kier molecular flexibility index (Phi) is 3.26. The van der Waals surface area contributed by atoms with Crippen molar-refractivity contribution < 1.29 is 26.3 Å². The molecule has 90 valence electrons. The summed E-state index contributed by atoms with van der Waals surface area (Å²) in [5.41, 5.74) is 0. The Morgan fingerprint density at radius 2 is 1.13 bits per heavy atom. The Morgan fingerprint density at radius 3 is 1.40 bits per heavy atom. The zero-order valence-electron chi connectivity index (χ0n) is 8.12. The highest BCUT2D eigenvalue weighted by molar-refractivity contribution is 4.86. The lowest BCUT2D eigenvalue weighted by Gasteiger charge is -2.37. The van der Waals surface area contributed by atoms with Crippen molar-refractivity contribution in [1.29, 1.82) is 0 Å². The summed E-state index contributed by atoms with van der Waals surface area (Å²) in [7, 11) is 0. The van der Waals surface area contributed by atoms with E-state index in [0.29, 0.717) is 0 Å². The first-order chi connectivity index (χ1) is 6.64. The van der Waals surface area contributed by atoms with Gasteiger partial charge >= 0.3 is 12.4 Å². The van der Waals surface area contributed by atoms with Crippen molar-refractivity contribution in [2.24, 2.45) is 17.8 Å². The minimum Gasteiger partial charge on any atom is -0.171 e. The Balaban J connectivity index is 2.81. The molecule has 15 heavy (non-hydrogen) atoms. The monoisotopic (exact) mass is 234 g/mol. The largest absolute Gasteiger partial charge is 0.392 e. The van der Waals surface area contributed by atoms with Crippen LogP contribution in [0.5, 0.6) is 0 Å². The summed E-state index contributed by atoms with van der Waals surface area (Å²) in [4.78, 5) is 0. The van der Waals surface area contributed by atoms with Crippen LogP contribution in [0.15, 0.2) is 0 Å². The van der Waals surface area contributed by atoms with Crippen molar-refractivity contribution in [3.05, 3.63) is 0 Å². The van der Waals surface area contributed by atoms with Gasteiger partial charge in [-0.1, -0.05) is 13.3 Å². The van der Waals surface area contributed by atoms with Gasteiger partial charge in [-0.15, -0.1) is 0 Å². The van der Waals surface area contributed by atoms with Gasteiger partial charge in [0, 0.05) is 0 Å². The number of hydrogen-bond acceptors (Lipinski definition) is 0. The van der Waals surface area contributed by atoms with Gasteiger partial charge in [-0.25, -0.2) is 0 Å². The van der Waals surface area contributed by atoms with Crippen LogP contribution in [-0.2, 0) is 0 Å². The zero-order valence-corrected chi connectivity index (χ0v) is 8.12. The van der Waals surface area contributed by atoms with Gasteiger partial charge in [0.05, 0.1) is 11.8 Å². The summed E-state index contributed by atoms with van der Waals surface area (Å²) in [6.45, 7) is 1.05. The van der Waals surface area contributed by atoms with Gasteiger partial charge in [0.15, 0.2) is 0 Å². The maximum Gasteiger partial charge on any atom is 0.392 e. The number of halogens is 6. The molecule has 0 aliphatic heterocycles. The number of hydrogen-bond donors (Lipinski definition) is 0. The fourth-order valence-corrected chi connectivity index (χ4v) is 2.29. The molecule has 0 saturated heterocycles. The zero-order chi connectivity index (χ0) is 11.9. The van der Waals surface area contributed by atoms with Gasteiger partial charge in [0.1, 0.15) is 0 Å². The average Bonchev–Trinajstić information content (AvgIpc) is 1.99. The van der Waals surface area contributed by atoms with Crippen molar-refractivity contribution in [2.75, 3.05) is 0 Å². The second-order valence-electron chi connectivity index (χ2n) is 4.09. The van der Waals surface area contributed by atoms with Crippen LogP contribution in [-0.4, -0.2) is 12.4 Å². The summed E-state index contributed by atoms with van der Waals surface area (Å²) in [5.74, 6) is -4.98. The van der Waals surface area contributed by atoms with Gasteiger partial charge in [-0.2, -0.15) is 26.3 Å². The molecule has 0 radical (unpaired) electrons. The molecular formula is C9H12F6. The summed E-state index contributed by atoms with van der Waals surface area (Å²) < 4.78 is 74.3. The predicted octanol–water partition coefficient (Wildman–Crippen LogP) is 4.16. The highest BCUT2D eigenvalue weighted by atomic mass is 19.4. The van der Waals surface area contributed by atoms with Crippen LogP contribution >= 0.6 is 0 Å². The number of rotatable bonds is 0. The van der Waals surface area contributed by atoms with Gasteiger partial charge in [0.25, 0.3) is 0 Å². The molecule has 6 heteroatoms. The van der Waals surface area contributed by atoms with Crippen LogP contribution in [0.1, 0.15) is 26.2 Å². The molecule has 0 N–H and O–H groups in total. The second kappa shape index (κ2) is 3.87. The molecular weight excluding hydrogens is 222 g/mol. The van der Waals surface area contributed by atoms with E-state index in [1.54, 1.807) is 0 Å². The third-order valence-electron chi connectivity index (χ3n) is 3.14. The maximum absolute atomic E-state index is 12.4. The topological polar surface area (TPSA) is 0 Å². The van der Waals surface area contributed by atoms with E-state index in [1.807, 2.05) is 0 Å². The van der Waals surface area contributed by atoms with E-state index in [0.717, 1.165) is 6.92 Å². The van der Waals surface area contributed by atoms with Crippen LogP contribution in [0.2, 0.25) is 0 Å². The molecule has 3 atom stereocenters. The second-order valence-corrected chi connectivity index (χ2v) is 4.09. The lowest BCUT2D eigenvalue weighted by Crippen LogP contribution is -2.41. The molecule has 0 aromatic carbocycles. The van der Waals surface area contributed by atoms with E-state index in [1.165, 1.54) is 0 Å². The normalized spacial score (nSPS) is 34.2. The van der Waals surface area contributed by atoms with E-state index in [-0.39, 0.29) is 19.3 Å². The molecule has 1 aliphatic carbocycles. The fraction of sp³-hybridized carbons (Fsp3) is 1.00. The summed E-state index contributed by atoms with van der Waals surface area (Å²) in [6, 6.07) is 0. The van der Waals surface area contributed by atoms with Gasteiger partial charge in [-0.05, 0) is 18.8 Å². The van der Waals surface area contributed by atoms with Crippen molar-refractivity contribution in [2.45, 2.75) is 38.5 Å². The summed E-state index contributed by atoms with van der Waals surface area (Å²) in [6.07, 6.45) is -9.39. The van der Waals surface area contributed by atoms with Crippen molar-refractivity contribution in [3.8, 4) is 0 Å². The molecule has 1 aliphatic rings. The molecule has 0 aromatic heterocycles. The van der Waals surface area contributed by atoms with E-state index in [4.69, 9.17) is 0 Å². The molecule has 1 fully saturated rings. The van der Waals surface area contributed by atoms with Gasteiger partial charge in [0.2, 0.25) is 0 Å². The fourth-order valence-electron chi connectivity index (χ4n) is 2.29. The standard InChI is InChI=1S/C9H12F6/c1-5-6(8(10,11)12)3-2-4-7(5)9(13,14)15/h5-7H,2-4H2,1H3/t5?,6-,7?/m1/s1. The molecule has 0 aromatic rings. The first-order valence-electron chi connectivity index (χ1n) is 4.77. The van der Waals surface area contributed by atoms with E-state index in [2.05, 4.69) is 0 Å². The van der Waals surface area contributed by atoms with Gasteiger partial charge in [-0.3, -0.25) is 0 Å². The highest BCUT2D eigenvalue weighted by Gasteiger charge is 2.53. The molecule has 0 nitrogen and oxygen atoms in total. The lowest BCUT2D eigenvalue weighted by molar-refractivity contribution is -0.242. The Morgan fingerprint density at radius 1 is 0.800 bits per heavy atom. The maximum atomic E-state index is 12.4. The summed E-state index contributed by atoms with van der Waals surface area (Å²) in [5, 5.41) is 0. The molecule has 1 rings (SSSR count). The predicted molar refractivity (Wildman–Crippen MR) is 42.1 cm³/mol. The molecule has 1 saturated carbocycles. The van der Waals surface area contributed by atoms with Crippen molar-refractivity contribution in [1.82, 2.24) is 0 Å². The van der Waals surface area contributed by atoms with E-state index < -0.39 is 30.1 Å². The SMILES string of the molecule is CC1C(C(F)(F)F)CCC[C@H]1C(F)(F)F. The minimum absolute atomic E-state index is 0.00130. The van der Waals surface area contributed by atoms with E-state index in [9.17, 15) is 26.3 Å². The van der Waals surface area contributed by atoms with Crippen LogP contribution < -0.4 is 0 Å². The molecule has 0 heterocycles. The Hall–Kier alpha value is -0.420. The van der Waals surface area contributed by atoms with Gasteiger partial charge < -0.3 is 0 Å². The molecule has 2 unspecified atom stereocenters.